The van der Waals surface area contributed by atoms with Crippen LogP contribution < -0.4 is 41.8 Å². The summed E-state index contributed by atoms with van der Waals surface area (Å²) in [6.07, 6.45) is 6.00. The van der Waals surface area contributed by atoms with E-state index >= 15 is 0 Å². The van der Waals surface area contributed by atoms with Crippen LogP contribution >= 0.6 is 0 Å². The number of likely N-dealkylation sites (N-methyl/N-ethyl adjacent to an activating group) is 1. The maximum atomic E-state index is 13.6. The Labute approximate surface area is 535 Å². The number of ether oxygens (including phenoxy) is 4. The van der Waals surface area contributed by atoms with Crippen LogP contribution in [0.1, 0.15) is 73.4 Å². The second-order valence-corrected chi connectivity index (χ2v) is 23.5. The molecular formula is C59H91N15O17S. The van der Waals surface area contributed by atoms with Gasteiger partial charge in [-0.05, 0) is 94.0 Å². The Bertz CT molecular complexity index is 3090. The number of carboxylic acid groups (broad SMARTS) is 3. The molecule has 32 nitrogen and oxygen atoms in total. The van der Waals surface area contributed by atoms with Gasteiger partial charge in [0.1, 0.15) is 17.8 Å². The van der Waals surface area contributed by atoms with Crippen molar-refractivity contribution in [3.05, 3.63) is 65.6 Å². The number of nitrogens with one attached hydrogen (secondary N) is 7. The highest BCUT2D eigenvalue weighted by Gasteiger charge is 2.30. The molecule has 510 valence electrons. The number of aromatic nitrogens is 4. The van der Waals surface area contributed by atoms with Crippen LogP contribution in [0.3, 0.4) is 0 Å². The monoisotopic (exact) mass is 1310 g/mol. The lowest BCUT2D eigenvalue weighted by Crippen LogP contribution is -2.52. The molecule has 0 unspecified atom stereocenters. The van der Waals surface area contributed by atoms with Crippen molar-refractivity contribution < 1.29 is 81.0 Å². The van der Waals surface area contributed by atoms with Gasteiger partial charge in [0.2, 0.25) is 33.7 Å². The second kappa shape index (κ2) is 40.0. The van der Waals surface area contributed by atoms with Crippen molar-refractivity contribution in [2.45, 2.75) is 89.2 Å². The van der Waals surface area contributed by atoms with Gasteiger partial charge >= 0.3 is 18.0 Å². The largest absolute Gasteiger partial charge is 0.494 e. The second-order valence-electron chi connectivity index (χ2n) is 21.9. The summed E-state index contributed by atoms with van der Waals surface area (Å²) < 4.78 is 53.8. The highest BCUT2D eigenvalue weighted by molar-refractivity contribution is 7.89. The first-order valence-electron chi connectivity index (χ1n) is 30.8. The molecule has 1 aliphatic rings. The fourth-order valence-corrected chi connectivity index (χ4v) is 11.5. The molecule has 33 heteroatoms. The molecule has 1 aliphatic heterocycles. The zero-order chi connectivity index (χ0) is 66.8. The summed E-state index contributed by atoms with van der Waals surface area (Å²) in [5.74, 6) is -3.94. The fourth-order valence-electron chi connectivity index (χ4n) is 9.86. The van der Waals surface area contributed by atoms with Gasteiger partial charge in [-0.3, -0.25) is 48.0 Å². The van der Waals surface area contributed by atoms with Crippen LogP contribution in [-0.4, -0.2) is 267 Å². The third-order valence-electron chi connectivity index (χ3n) is 14.7. The number of amides is 6. The molecule has 5 rings (SSSR count). The predicted molar refractivity (Wildman–Crippen MR) is 336 cm³/mol. The van der Waals surface area contributed by atoms with Crippen molar-refractivity contribution in [3.8, 4) is 5.75 Å². The zero-order valence-electron chi connectivity index (χ0n) is 52.7. The molecule has 3 heterocycles. The number of rotatable bonds is 41. The van der Waals surface area contributed by atoms with E-state index in [-0.39, 0.29) is 94.7 Å². The number of hydrogen-bond donors (Lipinski definition) is 11. The number of primary amides is 1. The number of aromatic amines is 1. The van der Waals surface area contributed by atoms with Crippen LogP contribution in [0.25, 0.3) is 10.9 Å². The summed E-state index contributed by atoms with van der Waals surface area (Å²) in [6.45, 7) is 11.2. The lowest BCUT2D eigenvalue weighted by molar-refractivity contribution is -0.139. The van der Waals surface area contributed by atoms with Gasteiger partial charge in [-0.1, -0.05) is 6.92 Å². The SMILES string of the molecule is CCN1CCN(CC(=O)O)CCN(CC(=O)N[C@H](CCC(N)=O)C(=O)NCCCOCCOCCOCCCNC(=O)CCCOc2cc(C)c(S(=O)(=O)N[C@@H](CNC(=O)c3ccc4c(cnn4CCCNc4ncc[nH]4)c3)C(=O)O)c(C)c2)CCN(C(=O)O)CC1. The zero-order valence-corrected chi connectivity index (χ0v) is 53.5. The Kier molecular flexibility index (Phi) is 32.5. The topological polar surface area (TPSA) is 426 Å². The highest BCUT2D eigenvalue weighted by atomic mass is 32.2. The highest BCUT2D eigenvalue weighted by Crippen LogP contribution is 2.26. The fraction of sp³-hybridized carbons (Fsp3) is 0.593. The van der Waals surface area contributed by atoms with E-state index in [2.05, 4.69) is 51.3 Å². The average Bonchev–Trinajstić information content (AvgIpc) is 1.12. The standard InChI is InChI=1S/C59H91N15O17S/c1-4-70-20-21-72(41-53(78)79)23-22-71(25-27-73(26-24-70)59(84)85)40-52(77)68-47(11-13-50(60)75)56(81)62-16-8-29-89-32-34-90-33-31-88-28-7-15-61-51(76)9-5-30-91-46-35-42(2)54(43(3)36-46)92(86,87)69-48(57(82)83)39-66-55(80)44-10-12-49-45(37-44)38-67-74(49)19-6-14-63-58-64-17-18-65-58/h10,12,17-18,35-38,47-48,69H,4-9,11,13-16,19-34,39-41H2,1-3H3,(H2,60,75)(H,61,76)(H,62,81)(H,66,80)(H,68,77)(H,78,79)(H,82,83)(H,84,85)(H2,63,64,65)/t47-,48+/m1/s1. The number of aliphatic carboxylic acids is 2. The Morgan fingerprint density at radius 1 is 0.707 bits per heavy atom. The third kappa shape index (κ3) is 27.4. The number of H-pyrrole nitrogens is 1. The minimum Gasteiger partial charge on any atom is -0.494 e. The van der Waals surface area contributed by atoms with Gasteiger partial charge in [0, 0.05) is 134 Å². The summed E-state index contributed by atoms with van der Waals surface area (Å²) >= 11 is 0. The number of carbonyl (C=O) groups is 8. The summed E-state index contributed by atoms with van der Waals surface area (Å²) in [4.78, 5) is 113. The van der Waals surface area contributed by atoms with Crippen LogP contribution in [0.4, 0.5) is 10.7 Å². The maximum absolute atomic E-state index is 13.6. The summed E-state index contributed by atoms with van der Waals surface area (Å²) in [6, 6.07) is 5.21. The first-order chi connectivity index (χ1) is 44.1. The van der Waals surface area contributed by atoms with Crippen molar-refractivity contribution in [2.75, 3.05) is 150 Å². The number of fused-ring (bicyclic) bond motifs is 1. The van der Waals surface area contributed by atoms with Crippen LogP contribution in [0, 0.1) is 13.8 Å². The van der Waals surface area contributed by atoms with E-state index in [1.54, 1.807) is 60.4 Å². The van der Waals surface area contributed by atoms with E-state index in [1.807, 2.05) is 11.6 Å². The van der Waals surface area contributed by atoms with Crippen LogP contribution in [0.15, 0.2) is 53.8 Å². The number of sulfonamides is 1. The normalized spacial score (nSPS) is 14.5. The molecule has 4 aromatic rings. The van der Waals surface area contributed by atoms with Gasteiger partial charge in [-0.2, -0.15) is 9.82 Å². The number of benzene rings is 2. The van der Waals surface area contributed by atoms with E-state index in [9.17, 15) is 62.1 Å². The molecule has 2 atom stereocenters. The minimum absolute atomic E-state index is 0.0485. The Balaban J connectivity index is 0.890. The van der Waals surface area contributed by atoms with Crippen molar-refractivity contribution >= 4 is 74.4 Å². The maximum Gasteiger partial charge on any atom is 0.407 e. The molecule has 0 bridgehead atoms. The van der Waals surface area contributed by atoms with E-state index in [4.69, 9.17) is 24.7 Å². The number of aryl methyl sites for hydroxylation is 3. The van der Waals surface area contributed by atoms with E-state index in [1.165, 1.54) is 17.0 Å². The Morgan fingerprint density at radius 3 is 1.96 bits per heavy atom. The summed E-state index contributed by atoms with van der Waals surface area (Å²) in [5.41, 5.74) is 7.00. The third-order valence-corrected chi connectivity index (χ3v) is 16.5. The number of nitrogens with two attached hydrogens (primary N) is 1. The van der Waals surface area contributed by atoms with Crippen molar-refractivity contribution in [3.63, 3.8) is 0 Å². The molecule has 6 amide bonds. The van der Waals surface area contributed by atoms with Crippen LogP contribution in [0.5, 0.6) is 5.75 Å². The molecule has 12 N–H and O–H groups in total. The van der Waals surface area contributed by atoms with Crippen molar-refractivity contribution in [2.24, 2.45) is 5.73 Å². The molecule has 2 aromatic carbocycles. The van der Waals surface area contributed by atoms with Crippen LogP contribution in [-0.2, 0) is 59.5 Å². The number of hydrogen-bond acceptors (Lipinski definition) is 20. The minimum atomic E-state index is -4.40. The average molecular weight is 1310 g/mol. The number of nitrogens with zero attached hydrogens (tertiary/aromatic N) is 7. The Hall–Kier alpha value is -8.05. The van der Waals surface area contributed by atoms with E-state index < -0.39 is 70.3 Å². The quantitative estimate of drug-likeness (QED) is 0.0261. The van der Waals surface area contributed by atoms with Gasteiger partial charge in [0.15, 0.2) is 5.95 Å². The van der Waals surface area contributed by atoms with Crippen molar-refractivity contribution in [1.82, 2.24) is 65.3 Å². The number of carbonyl (C=O) groups excluding carboxylic acids is 5. The number of anilines is 1. The molecular weight excluding hydrogens is 1220 g/mol. The summed E-state index contributed by atoms with van der Waals surface area (Å²) in [7, 11) is -4.40. The van der Waals surface area contributed by atoms with Gasteiger partial charge in [-0.15, -0.1) is 0 Å². The smallest absolute Gasteiger partial charge is 0.407 e. The van der Waals surface area contributed by atoms with Gasteiger partial charge < -0.3 is 81.4 Å². The lowest BCUT2D eigenvalue weighted by Gasteiger charge is -2.32. The summed E-state index contributed by atoms with van der Waals surface area (Å²) in [5, 5.41) is 48.4. The first kappa shape index (κ1) is 74.7. The molecule has 0 aliphatic carbocycles. The van der Waals surface area contributed by atoms with Gasteiger partial charge in [0.25, 0.3) is 5.91 Å². The van der Waals surface area contributed by atoms with Gasteiger partial charge in [0.05, 0.1) is 62.7 Å². The Morgan fingerprint density at radius 2 is 1.34 bits per heavy atom. The lowest BCUT2D eigenvalue weighted by atomic mass is 10.1. The molecule has 0 radical (unpaired) electrons. The van der Waals surface area contributed by atoms with Crippen molar-refractivity contribution in [1.29, 1.82) is 0 Å². The van der Waals surface area contributed by atoms with Crippen LogP contribution in [0.2, 0.25) is 0 Å². The van der Waals surface area contributed by atoms with E-state index in [0.29, 0.717) is 133 Å². The van der Waals surface area contributed by atoms with E-state index in [0.717, 1.165) is 11.9 Å². The molecule has 0 saturated carbocycles. The number of carboxylic acids is 2. The molecule has 2 aromatic heterocycles. The predicted octanol–water partition coefficient (Wildman–Crippen LogP) is 0.0157. The molecule has 92 heavy (non-hydrogen) atoms. The molecule has 1 fully saturated rings. The van der Waals surface area contributed by atoms with Gasteiger partial charge in [-0.25, -0.2) is 18.2 Å². The first-order valence-corrected chi connectivity index (χ1v) is 32.3. The molecule has 0 spiro atoms. The number of imidazole rings is 1. The molecule has 1 saturated heterocycles.